The quantitative estimate of drug-likeness (QED) is 0.673. The molecule has 0 radical (unpaired) electrons. The van der Waals surface area contributed by atoms with Gasteiger partial charge in [-0.15, -0.1) is 0 Å². The molecule has 0 aliphatic carbocycles. The summed E-state index contributed by atoms with van der Waals surface area (Å²) in [6.07, 6.45) is 1.60. The van der Waals surface area contributed by atoms with E-state index in [1.54, 1.807) is 13.4 Å². The standard InChI is InChI=1S/C20H18N4O3S/c1-3-26-15-9-11(6-7-13(15)25-2)16-12(10-21)19(22)28-20-17(16)18(23-24-20)14-5-4-8-27-14/h4-9,16H,3,22H2,1-2H3,(H,23,24). The monoisotopic (exact) mass is 394 g/mol. The number of furan rings is 1. The van der Waals surface area contributed by atoms with E-state index < -0.39 is 5.92 Å². The van der Waals surface area contributed by atoms with Crippen molar-refractivity contribution in [2.24, 2.45) is 5.73 Å². The zero-order chi connectivity index (χ0) is 19.7. The first kappa shape index (κ1) is 18.1. The number of allylic oxidation sites excluding steroid dienone is 1. The van der Waals surface area contributed by atoms with Crippen LogP contribution in [0.5, 0.6) is 11.5 Å². The number of H-pyrrole nitrogens is 1. The van der Waals surface area contributed by atoms with E-state index in [-0.39, 0.29) is 0 Å². The van der Waals surface area contributed by atoms with E-state index in [1.807, 2.05) is 37.3 Å². The number of rotatable bonds is 5. The summed E-state index contributed by atoms with van der Waals surface area (Å²) in [5.74, 6) is 1.49. The predicted molar refractivity (Wildman–Crippen MR) is 105 cm³/mol. The van der Waals surface area contributed by atoms with E-state index in [0.29, 0.717) is 34.5 Å². The zero-order valence-electron chi connectivity index (χ0n) is 15.4. The van der Waals surface area contributed by atoms with Gasteiger partial charge in [0.1, 0.15) is 10.7 Å². The number of benzene rings is 1. The molecule has 3 heterocycles. The van der Waals surface area contributed by atoms with Crippen LogP contribution < -0.4 is 15.2 Å². The normalized spacial score (nSPS) is 15.8. The molecule has 1 aliphatic rings. The highest BCUT2D eigenvalue weighted by Gasteiger charge is 2.35. The molecule has 2 aromatic heterocycles. The third kappa shape index (κ3) is 2.90. The fourth-order valence-corrected chi connectivity index (χ4v) is 4.23. The maximum absolute atomic E-state index is 9.84. The summed E-state index contributed by atoms with van der Waals surface area (Å²) in [6.45, 7) is 2.41. The van der Waals surface area contributed by atoms with E-state index in [2.05, 4.69) is 16.3 Å². The minimum atomic E-state index is -0.398. The highest BCUT2D eigenvalue weighted by molar-refractivity contribution is 8.03. The molecule has 7 nitrogen and oxygen atoms in total. The third-order valence-corrected chi connectivity index (χ3v) is 5.47. The van der Waals surface area contributed by atoms with E-state index in [1.165, 1.54) is 11.8 Å². The number of aromatic nitrogens is 2. The van der Waals surface area contributed by atoms with Crippen LogP contribution in [0.3, 0.4) is 0 Å². The van der Waals surface area contributed by atoms with Crippen LogP contribution in [0.2, 0.25) is 0 Å². The Bertz CT molecular complexity index is 1080. The van der Waals surface area contributed by atoms with Crippen LogP contribution in [0.25, 0.3) is 11.5 Å². The van der Waals surface area contributed by atoms with Crippen LogP contribution >= 0.6 is 11.8 Å². The first-order chi connectivity index (χ1) is 13.7. The smallest absolute Gasteiger partial charge is 0.161 e. The molecule has 0 spiro atoms. The number of aromatic amines is 1. The lowest BCUT2D eigenvalue weighted by molar-refractivity contribution is 0.310. The number of hydrogen-bond acceptors (Lipinski definition) is 7. The molecule has 0 fully saturated rings. The number of nitrogens with zero attached hydrogens (tertiary/aromatic N) is 2. The van der Waals surface area contributed by atoms with Crippen LogP contribution in [0, 0.1) is 11.3 Å². The van der Waals surface area contributed by atoms with Crippen molar-refractivity contribution in [2.45, 2.75) is 17.9 Å². The summed E-state index contributed by atoms with van der Waals surface area (Å²) in [5.41, 5.74) is 9.12. The van der Waals surface area contributed by atoms with Gasteiger partial charge < -0.3 is 19.6 Å². The number of thioether (sulfide) groups is 1. The maximum atomic E-state index is 9.84. The summed E-state index contributed by atoms with van der Waals surface area (Å²) in [6, 6.07) is 11.6. The first-order valence-corrected chi connectivity index (χ1v) is 9.50. The molecule has 1 aliphatic heterocycles. The molecule has 8 heteroatoms. The van der Waals surface area contributed by atoms with Gasteiger partial charge in [-0.05, 0) is 48.5 Å². The largest absolute Gasteiger partial charge is 0.493 e. The van der Waals surface area contributed by atoms with Crippen LogP contribution in [0.1, 0.15) is 24.0 Å². The Balaban J connectivity index is 1.92. The molecule has 3 aromatic rings. The lowest BCUT2D eigenvalue weighted by Crippen LogP contribution is -2.14. The molecule has 0 amide bonds. The minimum absolute atomic E-state index is 0.398. The van der Waals surface area contributed by atoms with Gasteiger partial charge in [0.25, 0.3) is 0 Å². The molecule has 1 atom stereocenters. The number of ether oxygens (including phenoxy) is 2. The van der Waals surface area contributed by atoms with Gasteiger partial charge in [-0.3, -0.25) is 5.10 Å². The van der Waals surface area contributed by atoms with E-state index >= 15 is 0 Å². The van der Waals surface area contributed by atoms with Gasteiger partial charge in [-0.2, -0.15) is 10.4 Å². The maximum Gasteiger partial charge on any atom is 0.161 e. The Hall–Kier alpha value is -3.31. The SMILES string of the molecule is CCOc1cc(C2C(C#N)=C(N)Sc3n[nH]c(-c4ccco4)c32)ccc1OC. The average molecular weight is 394 g/mol. The molecule has 1 aromatic carbocycles. The molecular formula is C20H18N4O3S. The van der Waals surface area contributed by atoms with Crippen LogP contribution in [0.15, 0.2) is 56.6 Å². The van der Waals surface area contributed by atoms with E-state index in [0.717, 1.165) is 21.8 Å². The van der Waals surface area contributed by atoms with Crippen molar-refractivity contribution in [1.82, 2.24) is 10.2 Å². The third-order valence-electron chi connectivity index (χ3n) is 4.53. The summed E-state index contributed by atoms with van der Waals surface area (Å²) in [5, 5.41) is 18.4. The van der Waals surface area contributed by atoms with Gasteiger partial charge in [0, 0.05) is 5.56 Å². The van der Waals surface area contributed by atoms with Gasteiger partial charge >= 0.3 is 0 Å². The van der Waals surface area contributed by atoms with E-state index in [9.17, 15) is 5.26 Å². The van der Waals surface area contributed by atoms with Gasteiger partial charge in [-0.1, -0.05) is 6.07 Å². The van der Waals surface area contributed by atoms with Gasteiger partial charge in [0.05, 0.1) is 42.6 Å². The van der Waals surface area contributed by atoms with E-state index in [4.69, 9.17) is 19.6 Å². The topological polar surface area (TPSA) is 110 Å². The lowest BCUT2D eigenvalue weighted by Gasteiger charge is -2.24. The Morgan fingerprint density at radius 1 is 1.36 bits per heavy atom. The van der Waals surface area contributed by atoms with Crippen molar-refractivity contribution in [3.63, 3.8) is 0 Å². The molecule has 0 bridgehead atoms. The molecule has 1 unspecified atom stereocenters. The van der Waals surface area contributed by atoms with Crippen LogP contribution in [-0.2, 0) is 0 Å². The summed E-state index contributed by atoms with van der Waals surface area (Å²) in [7, 11) is 1.59. The second kappa shape index (κ2) is 7.37. The summed E-state index contributed by atoms with van der Waals surface area (Å²) in [4.78, 5) is 0. The Kier molecular flexibility index (Phi) is 4.75. The molecule has 0 saturated carbocycles. The predicted octanol–water partition coefficient (Wildman–Crippen LogP) is 4.01. The minimum Gasteiger partial charge on any atom is -0.493 e. The number of hydrogen-bond donors (Lipinski definition) is 2. The van der Waals surface area contributed by atoms with Crippen molar-refractivity contribution < 1.29 is 13.9 Å². The average Bonchev–Trinajstić information content (AvgIpc) is 3.36. The molecular weight excluding hydrogens is 376 g/mol. The highest BCUT2D eigenvalue weighted by atomic mass is 32.2. The molecule has 4 rings (SSSR count). The van der Waals surface area contributed by atoms with Crippen molar-refractivity contribution >= 4 is 11.8 Å². The summed E-state index contributed by atoms with van der Waals surface area (Å²) >= 11 is 1.28. The van der Waals surface area contributed by atoms with Crippen molar-refractivity contribution in [1.29, 1.82) is 5.26 Å². The number of fused-ring (bicyclic) bond motifs is 1. The van der Waals surface area contributed by atoms with Crippen molar-refractivity contribution in [3.8, 4) is 29.0 Å². The fraction of sp³-hybridized carbons (Fsp3) is 0.200. The fourth-order valence-electron chi connectivity index (χ4n) is 3.33. The molecule has 142 valence electrons. The molecule has 28 heavy (non-hydrogen) atoms. The van der Waals surface area contributed by atoms with Crippen molar-refractivity contribution in [3.05, 3.63) is 58.3 Å². The molecule has 3 N–H and O–H groups in total. The lowest BCUT2D eigenvalue weighted by atomic mass is 9.85. The molecule has 0 saturated heterocycles. The van der Waals surface area contributed by atoms with Gasteiger partial charge in [0.2, 0.25) is 0 Å². The highest BCUT2D eigenvalue weighted by Crippen LogP contribution is 2.49. The van der Waals surface area contributed by atoms with Gasteiger partial charge in [-0.25, -0.2) is 0 Å². The second-order valence-corrected chi connectivity index (χ2v) is 7.09. The Morgan fingerprint density at radius 3 is 2.89 bits per heavy atom. The van der Waals surface area contributed by atoms with Crippen molar-refractivity contribution in [2.75, 3.05) is 13.7 Å². The second-order valence-electron chi connectivity index (χ2n) is 6.06. The summed E-state index contributed by atoms with van der Waals surface area (Å²) < 4.78 is 16.7. The number of nitrogens with two attached hydrogens (primary N) is 1. The van der Waals surface area contributed by atoms with Crippen LogP contribution in [0.4, 0.5) is 0 Å². The number of nitriles is 1. The first-order valence-electron chi connectivity index (χ1n) is 8.68. The zero-order valence-corrected chi connectivity index (χ0v) is 16.2. The van der Waals surface area contributed by atoms with Gasteiger partial charge in [0.15, 0.2) is 17.3 Å². The Morgan fingerprint density at radius 2 is 2.21 bits per heavy atom. The number of methoxy groups -OCH3 is 1. The van der Waals surface area contributed by atoms with Crippen LogP contribution in [-0.4, -0.2) is 23.9 Å². The number of nitrogens with one attached hydrogen (secondary N) is 1. The Labute approximate surface area is 166 Å².